The van der Waals surface area contributed by atoms with Crippen molar-refractivity contribution < 1.29 is 9.53 Å². The van der Waals surface area contributed by atoms with E-state index in [9.17, 15) is 4.79 Å². The number of carbonyl (C=O) groups is 1. The van der Waals surface area contributed by atoms with Crippen LogP contribution in [0.15, 0.2) is 11.4 Å². The fraction of sp³-hybridized carbons (Fsp3) is 0.545. The molecule has 0 N–H and O–H groups in total. The molecule has 14 heavy (non-hydrogen) atoms. The Morgan fingerprint density at radius 1 is 1.57 bits per heavy atom. The predicted octanol–water partition coefficient (Wildman–Crippen LogP) is 3.06. The second kappa shape index (κ2) is 5.94. The van der Waals surface area contributed by atoms with E-state index in [4.69, 9.17) is 4.74 Å². The van der Waals surface area contributed by atoms with E-state index in [1.54, 1.807) is 11.3 Å². The van der Waals surface area contributed by atoms with Gasteiger partial charge < -0.3 is 4.74 Å². The van der Waals surface area contributed by atoms with Gasteiger partial charge in [-0.1, -0.05) is 0 Å². The van der Waals surface area contributed by atoms with E-state index in [1.807, 2.05) is 25.3 Å². The highest BCUT2D eigenvalue weighted by molar-refractivity contribution is 7.10. The van der Waals surface area contributed by atoms with Gasteiger partial charge >= 0.3 is 0 Å². The Morgan fingerprint density at radius 3 is 2.93 bits per heavy atom. The van der Waals surface area contributed by atoms with E-state index >= 15 is 0 Å². The Labute approximate surface area is 88.9 Å². The van der Waals surface area contributed by atoms with E-state index in [1.165, 1.54) is 4.88 Å². The van der Waals surface area contributed by atoms with E-state index in [0.29, 0.717) is 13.0 Å². The van der Waals surface area contributed by atoms with Crippen molar-refractivity contribution in [3.63, 3.8) is 0 Å². The zero-order valence-corrected chi connectivity index (χ0v) is 9.52. The summed E-state index contributed by atoms with van der Waals surface area (Å²) in [5.41, 5.74) is 0.851. The molecule has 1 rings (SSSR count). The number of hydrogen-bond acceptors (Lipinski definition) is 3. The van der Waals surface area contributed by atoms with Crippen LogP contribution in [0.25, 0.3) is 0 Å². The van der Waals surface area contributed by atoms with Crippen LogP contribution in [0.1, 0.15) is 35.0 Å². The van der Waals surface area contributed by atoms with Gasteiger partial charge in [-0.05, 0) is 26.3 Å². The Bertz CT molecular complexity index is 291. The van der Waals surface area contributed by atoms with Gasteiger partial charge in [0.15, 0.2) is 5.78 Å². The van der Waals surface area contributed by atoms with Crippen molar-refractivity contribution in [1.29, 1.82) is 0 Å². The second-order valence-electron chi connectivity index (χ2n) is 3.17. The first-order valence-corrected chi connectivity index (χ1v) is 5.78. The average Bonchev–Trinajstić information content (AvgIpc) is 2.59. The third kappa shape index (κ3) is 3.60. The maximum Gasteiger partial charge on any atom is 0.163 e. The molecule has 0 unspecified atom stereocenters. The smallest absolute Gasteiger partial charge is 0.163 e. The van der Waals surface area contributed by atoms with Crippen LogP contribution in [0.2, 0.25) is 0 Å². The Hall–Kier alpha value is -0.670. The number of aryl methyl sites for hydroxylation is 1. The molecule has 0 aromatic carbocycles. The first-order chi connectivity index (χ1) is 6.74. The van der Waals surface area contributed by atoms with Gasteiger partial charge in [0.05, 0.1) is 0 Å². The monoisotopic (exact) mass is 212 g/mol. The minimum atomic E-state index is 0.231. The first-order valence-electron chi connectivity index (χ1n) is 4.90. The van der Waals surface area contributed by atoms with E-state index < -0.39 is 0 Å². The standard InChI is InChI=1S/C11H16O2S/c1-3-13-6-4-5-11(12)10-7-9(2)14-8-10/h7-8H,3-6H2,1-2H3. The lowest BCUT2D eigenvalue weighted by Crippen LogP contribution is -2.00. The number of ether oxygens (including phenoxy) is 1. The van der Waals surface area contributed by atoms with Crippen LogP contribution in [0, 0.1) is 6.92 Å². The molecule has 0 radical (unpaired) electrons. The maximum atomic E-state index is 11.6. The van der Waals surface area contributed by atoms with Crippen LogP contribution in [0.5, 0.6) is 0 Å². The van der Waals surface area contributed by atoms with Crippen molar-refractivity contribution in [3.8, 4) is 0 Å². The topological polar surface area (TPSA) is 26.3 Å². The highest BCUT2D eigenvalue weighted by atomic mass is 32.1. The van der Waals surface area contributed by atoms with Crippen LogP contribution in [-0.2, 0) is 4.74 Å². The third-order valence-electron chi connectivity index (χ3n) is 1.95. The Balaban J connectivity index is 2.29. The van der Waals surface area contributed by atoms with Crippen molar-refractivity contribution in [3.05, 3.63) is 21.9 Å². The molecule has 3 heteroatoms. The molecule has 0 amide bonds. The molecule has 78 valence electrons. The van der Waals surface area contributed by atoms with Crippen molar-refractivity contribution in [2.75, 3.05) is 13.2 Å². The fourth-order valence-electron chi connectivity index (χ4n) is 1.21. The van der Waals surface area contributed by atoms with Gasteiger partial charge in [0.2, 0.25) is 0 Å². The lowest BCUT2D eigenvalue weighted by molar-refractivity contribution is 0.0947. The number of Topliss-reactive ketones (excluding diaryl/α,β-unsaturated/α-hetero) is 1. The zero-order chi connectivity index (χ0) is 10.4. The molecule has 0 aliphatic rings. The molecule has 0 atom stereocenters. The molecule has 0 fully saturated rings. The van der Waals surface area contributed by atoms with Gasteiger partial charge in [0.25, 0.3) is 0 Å². The van der Waals surface area contributed by atoms with Gasteiger partial charge in [-0.2, -0.15) is 0 Å². The molecule has 0 saturated heterocycles. The van der Waals surface area contributed by atoms with Gasteiger partial charge in [-0.25, -0.2) is 0 Å². The predicted molar refractivity (Wildman–Crippen MR) is 59.1 cm³/mol. The van der Waals surface area contributed by atoms with Gasteiger partial charge in [0, 0.05) is 35.5 Å². The Morgan fingerprint density at radius 2 is 2.36 bits per heavy atom. The quantitative estimate of drug-likeness (QED) is 0.535. The number of ketones is 1. The van der Waals surface area contributed by atoms with Crippen molar-refractivity contribution in [2.24, 2.45) is 0 Å². The second-order valence-corrected chi connectivity index (χ2v) is 4.29. The molecule has 2 nitrogen and oxygen atoms in total. The van der Waals surface area contributed by atoms with E-state index in [-0.39, 0.29) is 5.78 Å². The number of rotatable bonds is 6. The molecular formula is C11H16O2S. The summed E-state index contributed by atoms with van der Waals surface area (Å²) in [6.07, 6.45) is 1.41. The summed E-state index contributed by atoms with van der Waals surface area (Å²) in [5, 5.41) is 1.93. The number of carbonyl (C=O) groups excluding carboxylic acids is 1. The summed E-state index contributed by atoms with van der Waals surface area (Å²) in [6, 6.07) is 1.95. The van der Waals surface area contributed by atoms with Crippen LogP contribution in [0.4, 0.5) is 0 Å². The van der Waals surface area contributed by atoms with E-state index in [2.05, 4.69) is 0 Å². The maximum absolute atomic E-state index is 11.6. The summed E-state index contributed by atoms with van der Waals surface area (Å²) in [6.45, 7) is 5.39. The number of thiophene rings is 1. The average molecular weight is 212 g/mol. The van der Waals surface area contributed by atoms with Crippen molar-refractivity contribution in [2.45, 2.75) is 26.7 Å². The molecule has 0 bridgehead atoms. The van der Waals surface area contributed by atoms with Gasteiger partial charge in [0.1, 0.15) is 0 Å². The highest BCUT2D eigenvalue weighted by Gasteiger charge is 2.06. The molecular weight excluding hydrogens is 196 g/mol. The Kier molecular flexibility index (Phi) is 4.84. The SMILES string of the molecule is CCOCCCC(=O)c1csc(C)c1. The summed E-state index contributed by atoms with van der Waals surface area (Å²) in [4.78, 5) is 12.8. The molecule has 1 heterocycles. The van der Waals surface area contributed by atoms with E-state index in [0.717, 1.165) is 18.6 Å². The summed E-state index contributed by atoms with van der Waals surface area (Å²) in [5.74, 6) is 0.231. The van der Waals surface area contributed by atoms with Crippen LogP contribution in [0.3, 0.4) is 0 Å². The minimum Gasteiger partial charge on any atom is -0.382 e. The molecule has 0 saturated carbocycles. The lowest BCUT2D eigenvalue weighted by Gasteiger charge is -1.99. The molecule has 0 aliphatic heterocycles. The van der Waals surface area contributed by atoms with Crippen LogP contribution < -0.4 is 0 Å². The third-order valence-corrected chi connectivity index (χ3v) is 2.81. The largest absolute Gasteiger partial charge is 0.382 e. The summed E-state index contributed by atoms with van der Waals surface area (Å²) in [7, 11) is 0. The summed E-state index contributed by atoms with van der Waals surface area (Å²) < 4.78 is 5.18. The normalized spacial score (nSPS) is 10.4. The minimum absolute atomic E-state index is 0.231. The highest BCUT2D eigenvalue weighted by Crippen LogP contribution is 2.15. The molecule has 1 aromatic heterocycles. The van der Waals surface area contributed by atoms with Crippen molar-refractivity contribution >= 4 is 17.1 Å². The number of hydrogen-bond donors (Lipinski definition) is 0. The molecule has 1 aromatic rings. The molecule has 0 spiro atoms. The van der Waals surface area contributed by atoms with Crippen LogP contribution >= 0.6 is 11.3 Å². The summed E-state index contributed by atoms with van der Waals surface area (Å²) >= 11 is 1.62. The van der Waals surface area contributed by atoms with Gasteiger partial charge in [-0.15, -0.1) is 11.3 Å². The lowest BCUT2D eigenvalue weighted by atomic mass is 10.1. The van der Waals surface area contributed by atoms with Crippen molar-refractivity contribution in [1.82, 2.24) is 0 Å². The van der Waals surface area contributed by atoms with Crippen LogP contribution in [-0.4, -0.2) is 19.0 Å². The fourth-order valence-corrected chi connectivity index (χ4v) is 1.92. The zero-order valence-electron chi connectivity index (χ0n) is 8.71. The molecule has 0 aliphatic carbocycles. The van der Waals surface area contributed by atoms with Gasteiger partial charge in [-0.3, -0.25) is 4.79 Å². The first kappa shape index (κ1) is 11.4.